The highest BCUT2D eigenvalue weighted by Gasteiger charge is 2.27. The molecule has 6 N–H and O–H groups in total. The molecular weight excluding hydrogens is 574 g/mol. The number of fused-ring (bicyclic) bond motifs is 1. The fourth-order valence-corrected chi connectivity index (χ4v) is 6.18. The third-order valence-corrected chi connectivity index (χ3v) is 8.35. The molecule has 0 saturated heterocycles. The molecule has 2 heterocycles. The van der Waals surface area contributed by atoms with E-state index in [2.05, 4.69) is 20.3 Å². The van der Waals surface area contributed by atoms with Crippen molar-refractivity contribution in [1.29, 1.82) is 0 Å². The van der Waals surface area contributed by atoms with Crippen molar-refractivity contribution in [3.05, 3.63) is 59.4 Å². The lowest BCUT2D eigenvalue weighted by Crippen LogP contribution is -2.35. The SMILES string of the molecule is Cc1nc(N)nc(C)c1OCC(=O)NCC(O)CCc1cccc(N(CC(C)C)S(=O)(=O)c2ccc3nc(N)oc3c2)c1. The van der Waals surface area contributed by atoms with E-state index in [1.54, 1.807) is 38.1 Å². The molecule has 1 atom stereocenters. The molecule has 0 saturated carbocycles. The van der Waals surface area contributed by atoms with E-state index in [1.165, 1.54) is 16.4 Å². The highest BCUT2D eigenvalue weighted by atomic mass is 32.2. The number of hydrogen-bond donors (Lipinski definition) is 4. The summed E-state index contributed by atoms with van der Waals surface area (Å²) in [6.07, 6.45) is -0.0243. The van der Waals surface area contributed by atoms with Crippen LogP contribution in [0.15, 0.2) is 51.8 Å². The van der Waals surface area contributed by atoms with Gasteiger partial charge in [0.15, 0.2) is 17.9 Å². The van der Waals surface area contributed by atoms with E-state index >= 15 is 0 Å². The van der Waals surface area contributed by atoms with Gasteiger partial charge in [0.05, 0.1) is 28.1 Å². The average molecular weight is 612 g/mol. The number of nitrogen functional groups attached to an aromatic ring is 2. The number of anilines is 3. The predicted octanol–water partition coefficient (Wildman–Crippen LogP) is 2.74. The topological polar surface area (TPSA) is 200 Å². The smallest absolute Gasteiger partial charge is 0.292 e. The number of aryl methyl sites for hydroxylation is 3. The van der Waals surface area contributed by atoms with E-state index in [0.29, 0.717) is 41.2 Å². The Kier molecular flexibility index (Phi) is 9.71. The number of aromatic nitrogens is 3. The zero-order valence-electron chi connectivity index (χ0n) is 24.6. The van der Waals surface area contributed by atoms with Crippen molar-refractivity contribution >= 4 is 44.7 Å². The monoisotopic (exact) mass is 611 g/mol. The second-order valence-electron chi connectivity index (χ2n) is 10.6. The molecule has 14 heteroatoms. The van der Waals surface area contributed by atoms with Crippen molar-refractivity contribution in [3.8, 4) is 5.75 Å². The van der Waals surface area contributed by atoms with Crippen LogP contribution in [0.3, 0.4) is 0 Å². The summed E-state index contributed by atoms with van der Waals surface area (Å²) in [5, 5.41) is 13.2. The summed E-state index contributed by atoms with van der Waals surface area (Å²) >= 11 is 0. The van der Waals surface area contributed by atoms with Crippen LogP contribution < -0.4 is 25.8 Å². The van der Waals surface area contributed by atoms with E-state index in [-0.39, 0.29) is 48.1 Å². The van der Waals surface area contributed by atoms with Crippen LogP contribution in [0.25, 0.3) is 11.1 Å². The van der Waals surface area contributed by atoms with Crippen molar-refractivity contribution in [2.45, 2.75) is 51.5 Å². The second-order valence-corrected chi connectivity index (χ2v) is 12.5. The van der Waals surface area contributed by atoms with Gasteiger partial charge in [0.25, 0.3) is 21.9 Å². The minimum absolute atomic E-state index is 0.0283. The molecule has 0 radical (unpaired) electrons. The molecule has 4 aromatic rings. The first kappa shape index (κ1) is 31.5. The third kappa shape index (κ3) is 7.90. The van der Waals surface area contributed by atoms with Gasteiger partial charge >= 0.3 is 0 Å². The van der Waals surface area contributed by atoms with Gasteiger partial charge in [-0.15, -0.1) is 0 Å². The van der Waals surface area contributed by atoms with Crippen LogP contribution in [0, 0.1) is 19.8 Å². The van der Waals surface area contributed by atoms with Crippen molar-refractivity contribution in [2.24, 2.45) is 5.92 Å². The van der Waals surface area contributed by atoms with Crippen LogP contribution in [0.4, 0.5) is 17.7 Å². The molecule has 2 aromatic carbocycles. The van der Waals surface area contributed by atoms with E-state index in [4.69, 9.17) is 20.6 Å². The maximum Gasteiger partial charge on any atom is 0.292 e. The Balaban J connectivity index is 1.37. The summed E-state index contributed by atoms with van der Waals surface area (Å²) in [5.74, 6) is 0.155. The number of nitrogens with one attached hydrogen (secondary N) is 1. The molecule has 0 aliphatic rings. The van der Waals surface area contributed by atoms with Gasteiger partial charge in [0.1, 0.15) is 5.52 Å². The number of aliphatic hydroxyl groups excluding tert-OH is 1. The highest BCUT2D eigenvalue weighted by molar-refractivity contribution is 7.92. The summed E-state index contributed by atoms with van der Waals surface area (Å²) in [6.45, 7) is 7.31. The Bertz CT molecular complexity index is 1680. The molecule has 0 aliphatic carbocycles. The second kappa shape index (κ2) is 13.3. The first-order valence-corrected chi connectivity index (χ1v) is 15.2. The maximum absolute atomic E-state index is 13.8. The first-order chi connectivity index (χ1) is 20.3. The molecular formula is C29H37N7O6S. The van der Waals surface area contributed by atoms with Crippen molar-refractivity contribution in [1.82, 2.24) is 20.3 Å². The van der Waals surface area contributed by atoms with E-state index in [0.717, 1.165) is 5.56 Å². The Morgan fingerprint density at radius 2 is 1.81 bits per heavy atom. The number of nitrogens with zero attached hydrogens (tertiary/aromatic N) is 4. The van der Waals surface area contributed by atoms with Crippen LogP contribution in [0.5, 0.6) is 5.75 Å². The number of sulfonamides is 1. The number of amides is 1. The number of aliphatic hydroxyl groups is 1. The summed E-state index contributed by atoms with van der Waals surface area (Å²) < 4.78 is 39.8. The van der Waals surface area contributed by atoms with Gasteiger partial charge < -0.3 is 31.0 Å². The fraction of sp³-hybridized carbons (Fsp3) is 0.379. The van der Waals surface area contributed by atoms with Gasteiger partial charge in [0, 0.05) is 19.2 Å². The number of hydrogen-bond acceptors (Lipinski definition) is 11. The molecule has 2 aromatic heterocycles. The lowest BCUT2D eigenvalue weighted by Gasteiger charge is -2.26. The van der Waals surface area contributed by atoms with Crippen LogP contribution in [-0.4, -0.2) is 60.2 Å². The summed E-state index contributed by atoms with van der Waals surface area (Å²) in [4.78, 5) is 24.4. The van der Waals surface area contributed by atoms with Gasteiger partial charge in [-0.25, -0.2) is 18.4 Å². The van der Waals surface area contributed by atoms with Crippen molar-refractivity contribution in [3.63, 3.8) is 0 Å². The number of benzene rings is 2. The number of carbonyl (C=O) groups is 1. The highest BCUT2D eigenvalue weighted by Crippen LogP contribution is 2.29. The van der Waals surface area contributed by atoms with Gasteiger partial charge in [0.2, 0.25) is 5.95 Å². The Hall–Kier alpha value is -4.43. The molecule has 0 bridgehead atoms. The maximum atomic E-state index is 13.8. The fourth-order valence-electron chi connectivity index (χ4n) is 4.55. The number of oxazole rings is 1. The molecule has 0 aliphatic heterocycles. The minimum atomic E-state index is -3.95. The predicted molar refractivity (Wildman–Crippen MR) is 163 cm³/mol. The number of nitrogens with two attached hydrogens (primary N) is 2. The standard InChI is InChI=1S/C29H37N7O6S/c1-17(2)15-36(43(39,40)23-10-11-24-25(13-23)42-29(31)35-24)21-7-5-6-20(12-21)8-9-22(37)14-32-26(38)16-41-27-18(3)33-28(30)34-19(27)4/h5-7,10-13,17,22,37H,8-9,14-16H2,1-4H3,(H2,31,35)(H,32,38)(H2,30,33,34). The van der Waals surface area contributed by atoms with Crippen LogP contribution in [0.2, 0.25) is 0 Å². The quantitative estimate of drug-likeness (QED) is 0.173. The molecule has 0 spiro atoms. The van der Waals surface area contributed by atoms with Crippen LogP contribution in [0.1, 0.15) is 37.2 Å². The van der Waals surface area contributed by atoms with Crippen LogP contribution >= 0.6 is 0 Å². The molecule has 0 fully saturated rings. The molecule has 43 heavy (non-hydrogen) atoms. The largest absolute Gasteiger partial charge is 0.480 e. The summed E-state index contributed by atoms with van der Waals surface area (Å²) in [6, 6.07) is 11.6. The Labute approximate surface area is 250 Å². The molecule has 4 rings (SSSR count). The molecule has 1 amide bonds. The summed E-state index contributed by atoms with van der Waals surface area (Å²) in [7, 11) is -3.95. The average Bonchev–Trinajstić information content (AvgIpc) is 3.32. The number of carbonyl (C=O) groups excluding carboxylic acids is 1. The van der Waals surface area contributed by atoms with E-state index in [9.17, 15) is 18.3 Å². The number of ether oxygens (including phenoxy) is 1. The van der Waals surface area contributed by atoms with E-state index < -0.39 is 22.0 Å². The summed E-state index contributed by atoms with van der Waals surface area (Å²) in [5.41, 5.74) is 14.4. The van der Waals surface area contributed by atoms with Crippen LogP contribution in [-0.2, 0) is 21.2 Å². The molecule has 1 unspecified atom stereocenters. The van der Waals surface area contributed by atoms with Crippen molar-refractivity contribution < 1.29 is 27.5 Å². The third-order valence-electron chi connectivity index (χ3n) is 6.56. The molecule has 230 valence electrons. The van der Waals surface area contributed by atoms with Gasteiger partial charge in [-0.05, 0) is 62.4 Å². The first-order valence-electron chi connectivity index (χ1n) is 13.8. The Morgan fingerprint density at radius 3 is 2.51 bits per heavy atom. The molecule has 13 nitrogen and oxygen atoms in total. The van der Waals surface area contributed by atoms with Gasteiger partial charge in [-0.2, -0.15) is 4.98 Å². The number of rotatable bonds is 13. The lowest BCUT2D eigenvalue weighted by atomic mass is 10.1. The van der Waals surface area contributed by atoms with Crippen molar-refractivity contribution in [2.75, 3.05) is 35.5 Å². The van der Waals surface area contributed by atoms with E-state index in [1.807, 2.05) is 19.9 Å². The zero-order chi connectivity index (χ0) is 31.3. The zero-order valence-corrected chi connectivity index (χ0v) is 25.4. The van der Waals surface area contributed by atoms with Gasteiger partial charge in [-0.3, -0.25) is 9.10 Å². The van der Waals surface area contributed by atoms with Gasteiger partial charge in [-0.1, -0.05) is 26.0 Å². The lowest BCUT2D eigenvalue weighted by molar-refractivity contribution is -0.123. The normalized spacial score (nSPS) is 12.4. The minimum Gasteiger partial charge on any atom is -0.480 e. The Morgan fingerprint density at radius 1 is 1.09 bits per heavy atom.